The molecule has 4 nitrogen and oxygen atoms in total. The highest BCUT2D eigenvalue weighted by Crippen LogP contribution is 2.31. The van der Waals surface area contributed by atoms with Gasteiger partial charge in [0, 0.05) is 13.6 Å². The van der Waals surface area contributed by atoms with Crippen molar-refractivity contribution < 1.29 is 4.74 Å². The van der Waals surface area contributed by atoms with Crippen molar-refractivity contribution in [3.63, 3.8) is 0 Å². The number of nitrogens with one attached hydrogen (secondary N) is 1. The fourth-order valence-corrected chi connectivity index (χ4v) is 3.11. The van der Waals surface area contributed by atoms with Crippen LogP contribution < -0.4 is 10.1 Å². The Hall–Kier alpha value is -0.880. The van der Waals surface area contributed by atoms with Gasteiger partial charge in [0.1, 0.15) is 6.10 Å². The molecule has 0 bridgehead atoms. The minimum atomic E-state index is 0.295. The molecule has 1 N–H and O–H groups in total. The second-order valence-corrected chi connectivity index (χ2v) is 6.97. The Balaban J connectivity index is 2.08. The summed E-state index contributed by atoms with van der Waals surface area (Å²) in [5.41, 5.74) is 1.80. The molecule has 0 saturated heterocycles. The van der Waals surface area contributed by atoms with Crippen LogP contribution in [-0.4, -0.2) is 34.7 Å². The van der Waals surface area contributed by atoms with E-state index < -0.39 is 0 Å². The van der Waals surface area contributed by atoms with E-state index in [0.717, 1.165) is 35.2 Å². The molecule has 0 aliphatic heterocycles. The monoisotopic (exact) mass is 385 g/mol. The van der Waals surface area contributed by atoms with Gasteiger partial charge in [0.25, 0.3) is 0 Å². The van der Waals surface area contributed by atoms with Crippen molar-refractivity contribution in [2.75, 3.05) is 18.9 Å². The molecule has 6 heteroatoms. The van der Waals surface area contributed by atoms with Gasteiger partial charge in [-0.1, -0.05) is 6.42 Å². The number of nitrogens with zero attached hydrogens (tertiary/aromatic N) is 2. The van der Waals surface area contributed by atoms with Crippen molar-refractivity contribution in [3.05, 3.63) is 16.2 Å². The van der Waals surface area contributed by atoms with Gasteiger partial charge in [0.2, 0.25) is 5.88 Å². The molecule has 22 heavy (non-hydrogen) atoms. The molecule has 1 aromatic rings. The maximum absolute atomic E-state index is 6.07. The Morgan fingerprint density at radius 2 is 2.14 bits per heavy atom. The number of anilines is 1. The lowest BCUT2D eigenvalue weighted by molar-refractivity contribution is 0.147. The fraction of sp³-hybridized carbons (Fsp3) is 0.625. The van der Waals surface area contributed by atoms with Crippen LogP contribution in [0.25, 0.3) is 0 Å². The third-order valence-electron chi connectivity index (χ3n) is 4.03. The topological polar surface area (TPSA) is 37.4 Å². The lowest BCUT2D eigenvalue weighted by atomic mass is 9.98. The number of halogens is 1. The normalized spacial score (nSPS) is 15.5. The first-order valence-corrected chi connectivity index (χ1v) is 9.07. The summed E-state index contributed by atoms with van der Waals surface area (Å²) in [5, 5.41) is 3.94. The van der Waals surface area contributed by atoms with E-state index in [1.165, 1.54) is 19.3 Å². The number of aryl methyl sites for hydroxylation is 1. The van der Waals surface area contributed by atoms with Crippen LogP contribution in [0, 0.1) is 6.92 Å². The summed E-state index contributed by atoms with van der Waals surface area (Å²) in [5.74, 6) is 0.685. The van der Waals surface area contributed by atoms with E-state index in [0.29, 0.717) is 17.1 Å². The number of thiocarbonyl (C=S) groups is 1. The molecule has 2 rings (SSSR count). The number of hydrogen-bond donors (Lipinski definition) is 1. The van der Waals surface area contributed by atoms with Crippen LogP contribution in [-0.2, 0) is 0 Å². The van der Waals surface area contributed by atoms with E-state index in [1.807, 2.05) is 24.9 Å². The number of ether oxygens (including phenoxy) is 1. The van der Waals surface area contributed by atoms with Gasteiger partial charge in [-0.2, -0.15) is 0 Å². The second-order valence-electron chi connectivity index (χ2n) is 5.73. The highest BCUT2D eigenvalue weighted by atomic mass is 79.9. The first-order chi connectivity index (χ1) is 10.5. The van der Waals surface area contributed by atoms with E-state index in [9.17, 15) is 0 Å². The Kier molecular flexibility index (Phi) is 6.44. The highest BCUT2D eigenvalue weighted by Gasteiger charge is 2.18. The molecule has 0 atom stereocenters. The Morgan fingerprint density at radius 1 is 1.45 bits per heavy atom. The third kappa shape index (κ3) is 4.56. The van der Waals surface area contributed by atoms with Crippen LogP contribution >= 0.6 is 28.1 Å². The number of pyridine rings is 1. The Labute approximate surface area is 146 Å². The van der Waals surface area contributed by atoms with Crippen LogP contribution in [0.2, 0.25) is 0 Å². The van der Waals surface area contributed by atoms with Gasteiger partial charge in [-0.3, -0.25) is 0 Å². The molecule has 1 aliphatic rings. The molecule has 1 aliphatic carbocycles. The first-order valence-electron chi connectivity index (χ1n) is 7.87. The summed E-state index contributed by atoms with van der Waals surface area (Å²) in [6.45, 7) is 4.90. The van der Waals surface area contributed by atoms with Crippen molar-refractivity contribution in [1.29, 1.82) is 0 Å². The molecular weight excluding hydrogens is 362 g/mol. The molecule has 0 spiro atoms. The van der Waals surface area contributed by atoms with Gasteiger partial charge in [-0.15, -0.1) is 0 Å². The van der Waals surface area contributed by atoms with E-state index in [2.05, 4.69) is 33.2 Å². The summed E-state index contributed by atoms with van der Waals surface area (Å²) in [6, 6.07) is 2.00. The predicted octanol–water partition coefficient (Wildman–Crippen LogP) is 4.51. The summed E-state index contributed by atoms with van der Waals surface area (Å²) in [6.07, 6.45) is 6.36. The number of hydrogen-bond acceptors (Lipinski definition) is 3. The molecule has 1 fully saturated rings. The largest absolute Gasteiger partial charge is 0.474 e. The van der Waals surface area contributed by atoms with Crippen LogP contribution in [0.1, 0.15) is 44.7 Å². The maximum atomic E-state index is 6.07. The molecule has 122 valence electrons. The second kappa shape index (κ2) is 8.11. The molecule has 1 aromatic heterocycles. The smallest absolute Gasteiger partial charge is 0.228 e. The zero-order chi connectivity index (χ0) is 16.1. The van der Waals surface area contributed by atoms with Gasteiger partial charge >= 0.3 is 0 Å². The van der Waals surface area contributed by atoms with Gasteiger partial charge in [0.15, 0.2) is 5.11 Å². The standard InChI is InChI=1S/C16H24BrN3OS/c1-4-20(3)16(22)19-14-10-13(17)15(18-11(14)2)21-12-8-6-5-7-9-12/h10,12H,4-9H2,1-3H3,(H,19,22). The van der Waals surface area contributed by atoms with Crippen LogP contribution in [0.3, 0.4) is 0 Å². The number of aromatic nitrogens is 1. The maximum Gasteiger partial charge on any atom is 0.228 e. The minimum absolute atomic E-state index is 0.295. The van der Waals surface area contributed by atoms with E-state index in [1.54, 1.807) is 0 Å². The van der Waals surface area contributed by atoms with Crippen LogP contribution in [0.5, 0.6) is 5.88 Å². The summed E-state index contributed by atoms with van der Waals surface area (Å²) >= 11 is 8.93. The molecule has 0 aromatic carbocycles. The summed E-state index contributed by atoms with van der Waals surface area (Å²) in [7, 11) is 1.97. The zero-order valence-electron chi connectivity index (χ0n) is 13.5. The molecule has 0 amide bonds. The van der Waals surface area contributed by atoms with Crippen molar-refractivity contribution >= 4 is 38.9 Å². The van der Waals surface area contributed by atoms with E-state index in [-0.39, 0.29) is 0 Å². The number of rotatable bonds is 4. The SMILES string of the molecule is CCN(C)C(=S)Nc1cc(Br)c(OC2CCCCC2)nc1C. The average molecular weight is 386 g/mol. The first kappa shape index (κ1) is 17.5. The van der Waals surface area contributed by atoms with Crippen LogP contribution in [0.15, 0.2) is 10.5 Å². The lowest BCUT2D eigenvalue weighted by Gasteiger charge is -2.24. The predicted molar refractivity (Wildman–Crippen MR) is 98.7 cm³/mol. The lowest BCUT2D eigenvalue weighted by Crippen LogP contribution is -2.31. The van der Waals surface area contributed by atoms with Gasteiger partial charge < -0.3 is 15.0 Å². The molecule has 1 heterocycles. The quantitative estimate of drug-likeness (QED) is 0.771. The van der Waals surface area contributed by atoms with Crippen molar-refractivity contribution in [2.45, 2.75) is 52.1 Å². The van der Waals surface area contributed by atoms with E-state index in [4.69, 9.17) is 17.0 Å². The summed E-state index contributed by atoms with van der Waals surface area (Å²) in [4.78, 5) is 6.58. The van der Waals surface area contributed by atoms with Crippen molar-refractivity contribution in [3.8, 4) is 5.88 Å². The zero-order valence-corrected chi connectivity index (χ0v) is 15.9. The van der Waals surface area contributed by atoms with Crippen molar-refractivity contribution in [2.24, 2.45) is 0 Å². The summed E-state index contributed by atoms with van der Waals surface area (Å²) < 4.78 is 6.94. The molecular formula is C16H24BrN3OS. The third-order valence-corrected chi connectivity index (χ3v) is 5.01. The molecule has 0 unspecified atom stereocenters. The molecule has 0 radical (unpaired) electrons. The van der Waals surface area contributed by atoms with Crippen LogP contribution in [0.4, 0.5) is 5.69 Å². The van der Waals surface area contributed by atoms with Crippen molar-refractivity contribution in [1.82, 2.24) is 9.88 Å². The Morgan fingerprint density at radius 3 is 2.77 bits per heavy atom. The molecule has 1 saturated carbocycles. The Bertz CT molecular complexity index is 532. The highest BCUT2D eigenvalue weighted by molar-refractivity contribution is 9.10. The van der Waals surface area contributed by atoms with Gasteiger partial charge in [-0.25, -0.2) is 4.98 Å². The van der Waals surface area contributed by atoms with Gasteiger partial charge in [0.05, 0.1) is 15.9 Å². The van der Waals surface area contributed by atoms with E-state index >= 15 is 0 Å². The fourth-order valence-electron chi connectivity index (χ4n) is 2.46. The minimum Gasteiger partial charge on any atom is -0.474 e. The average Bonchev–Trinajstić information content (AvgIpc) is 2.52. The van der Waals surface area contributed by atoms with Gasteiger partial charge in [-0.05, 0) is 73.7 Å².